The van der Waals surface area contributed by atoms with E-state index in [1.165, 1.54) is 0 Å². The maximum atomic E-state index is 11.7. The molecule has 0 radical (unpaired) electrons. The monoisotopic (exact) mass is 379 g/mol. The van der Waals surface area contributed by atoms with E-state index in [2.05, 4.69) is 16.5 Å². The van der Waals surface area contributed by atoms with Crippen LogP contribution in [0.5, 0.6) is 11.5 Å². The number of carbonyl (C=O) groups is 1. The van der Waals surface area contributed by atoms with Crippen molar-refractivity contribution in [2.24, 2.45) is 0 Å². The number of amides is 1. The van der Waals surface area contributed by atoms with Gasteiger partial charge in [0, 0.05) is 18.5 Å². The predicted octanol–water partition coefficient (Wildman–Crippen LogP) is 3.36. The molecule has 0 unspecified atom stereocenters. The summed E-state index contributed by atoms with van der Waals surface area (Å²) >= 11 is 0. The summed E-state index contributed by atoms with van der Waals surface area (Å²) in [4.78, 5) is 16.4. The van der Waals surface area contributed by atoms with Crippen LogP contribution >= 0.6 is 0 Å². The van der Waals surface area contributed by atoms with Crippen LogP contribution in [0.3, 0.4) is 0 Å². The molecule has 0 aliphatic heterocycles. The summed E-state index contributed by atoms with van der Waals surface area (Å²) in [5.74, 6) is 2.19. The maximum absolute atomic E-state index is 11.7. The highest BCUT2D eigenvalue weighted by Gasteiger charge is 2.12. The molecule has 1 N–H and O–H groups in total. The Hall–Kier alpha value is -3.28. The van der Waals surface area contributed by atoms with Gasteiger partial charge in [-0.3, -0.25) is 4.79 Å². The molecule has 1 aromatic heterocycles. The molecule has 146 valence electrons. The van der Waals surface area contributed by atoms with Crippen LogP contribution in [-0.4, -0.2) is 35.7 Å². The zero-order chi connectivity index (χ0) is 19.9. The van der Waals surface area contributed by atoms with Gasteiger partial charge < -0.3 is 19.4 Å². The lowest BCUT2D eigenvalue weighted by molar-refractivity contribution is -0.117. The normalized spacial score (nSPS) is 10.6. The summed E-state index contributed by atoms with van der Waals surface area (Å²) in [6, 6.07) is 15.6. The van der Waals surface area contributed by atoms with Gasteiger partial charge in [0.15, 0.2) is 11.5 Å². The van der Waals surface area contributed by atoms with Crippen LogP contribution < -0.4 is 14.8 Å². The Bertz CT molecular complexity index is 978. The molecule has 28 heavy (non-hydrogen) atoms. The third kappa shape index (κ3) is 4.52. The minimum Gasteiger partial charge on any atom is -0.493 e. The number of para-hydroxylation sites is 4. The smallest absolute Gasteiger partial charge is 0.246 e. The van der Waals surface area contributed by atoms with Crippen molar-refractivity contribution in [2.45, 2.75) is 19.9 Å². The third-order valence-corrected chi connectivity index (χ3v) is 4.40. The van der Waals surface area contributed by atoms with Crippen LogP contribution in [0.2, 0.25) is 0 Å². The molecule has 2 aromatic carbocycles. The maximum Gasteiger partial charge on any atom is 0.246 e. The van der Waals surface area contributed by atoms with Crippen molar-refractivity contribution in [2.75, 3.05) is 20.3 Å². The van der Waals surface area contributed by atoms with E-state index in [9.17, 15) is 4.79 Å². The molecular formula is C22H25N3O3. The number of ether oxygens (including phenoxy) is 2. The summed E-state index contributed by atoms with van der Waals surface area (Å²) < 4.78 is 13.4. The Morgan fingerprint density at radius 3 is 2.61 bits per heavy atom. The van der Waals surface area contributed by atoms with Gasteiger partial charge in [-0.2, -0.15) is 0 Å². The van der Waals surface area contributed by atoms with E-state index in [0.29, 0.717) is 43.2 Å². The SMILES string of the molecule is C=C(C)C(=O)NCCc1nc2ccccc2n1CCOc1ccccc1OC. The average Bonchev–Trinajstić information content (AvgIpc) is 3.05. The summed E-state index contributed by atoms with van der Waals surface area (Å²) in [6.07, 6.45) is 0.627. The Morgan fingerprint density at radius 2 is 1.86 bits per heavy atom. The first kappa shape index (κ1) is 19.5. The molecule has 0 bridgehead atoms. The Labute approximate surface area is 164 Å². The first-order valence-electron chi connectivity index (χ1n) is 9.24. The zero-order valence-corrected chi connectivity index (χ0v) is 16.3. The molecule has 3 rings (SSSR count). The lowest BCUT2D eigenvalue weighted by Gasteiger charge is -2.13. The number of nitrogens with one attached hydrogen (secondary N) is 1. The van der Waals surface area contributed by atoms with Crippen molar-refractivity contribution < 1.29 is 14.3 Å². The van der Waals surface area contributed by atoms with Crippen molar-refractivity contribution in [3.63, 3.8) is 0 Å². The van der Waals surface area contributed by atoms with Crippen LogP contribution in [0.15, 0.2) is 60.7 Å². The van der Waals surface area contributed by atoms with Gasteiger partial charge in [0.2, 0.25) is 5.91 Å². The van der Waals surface area contributed by atoms with Gasteiger partial charge in [-0.15, -0.1) is 0 Å². The zero-order valence-electron chi connectivity index (χ0n) is 16.3. The molecule has 1 heterocycles. The third-order valence-electron chi connectivity index (χ3n) is 4.40. The van der Waals surface area contributed by atoms with Crippen LogP contribution in [-0.2, 0) is 17.8 Å². The Kier molecular flexibility index (Phi) is 6.32. The van der Waals surface area contributed by atoms with Crippen LogP contribution in [0, 0.1) is 0 Å². The molecule has 0 aliphatic rings. The lowest BCUT2D eigenvalue weighted by Crippen LogP contribution is -2.27. The second kappa shape index (κ2) is 9.08. The van der Waals surface area contributed by atoms with Crippen LogP contribution in [0.1, 0.15) is 12.7 Å². The van der Waals surface area contributed by atoms with Crippen LogP contribution in [0.25, 0.3) is 11.0 Å². The van der Waals surface area contributed by atoms with Crippen LogP contribution in [0.4, 0.5) is 0 Å². The molecule has 1 amide bonds. The number of imidazole rings is 1. The van der Waals surface area contributed by atoms with Crippen molar-refractivity contribution in [3.05, 3.63) is 66.5 Å². The highest BCUT2D eigenvalue weighted by molar-refractivity contribution is 5.92. The van der Waals surface area contributed by atoms with Crippen molar-refractivity contribution in [1.82, 2.24) is 14.9 Å². The van der Waals surface area contributed by atoms with E-state index in [1.807, 2.05) is 48.5 Å². The number of carbonyl (C=O) groups excluding carboxylic acids is 1. The molecule has 0 saturated heterocycles. The summed E-state index contributed by atoms with van der Waals surface area (Å²) in [6.45, 7) is 6.97. The first-order valence-corrected chi connectivity index (χ1v) is 9.24. The number of hydrogen-bond donors (Lipinski definition) is 1. The number of aromatic nitrogens is 2. The summed E-state index contributed by atoms with van der Waals surface area (Å²) in [5.41, 5.74) is 2.48. The molecule has 3 aromatic rings. The number of benzene rings is 2. The van der Waals surface area contributed by atoms with E-state index >= 15 is 0 Å². The minimum absolute atomic E-state index is 0.137. The fraction of sp³-hybridized carbons (Fsp3) is 0.273. The fourth-order valence-corrected chi connectivity index (χ4v) is 2.99. The molecule has 0 fully saturated rings. The standard InChI is InChI=1S/C22H25N3O3/c1-16(2)22(26)23-13-12-21-24-17-8-4-5-9-18(17)25(21)14-15-28-20-11-7-6-10-19(20)27-3/h4-11H,1,12-15H2,2-3H3,(H,23,26). The minimum atomic E-state index is -0.137. The molecular weight excluding hydrogens is 354 g/mol. The highest BCUT2D eigenvalue weighted by Crippen LogP contribution is 2.26. The molecule has 0 saturated carbocycles. The molecule has 0 spiro atoms. The number of rotatable bonds is 9. The Balaban J connectivity index is 1.71. The van der Waals surface area contributed by atoms with E-state index in [-0.39, 0.29) is 5.91 Å². The van der Waals surface area contributed by atoms with E-state index in [0.717, 1.165) is 16.9 Å². The quantitative estimate of drug-likeness (QED) is 0.579. The Morgan fingerprint density at radius 1 is 1.14 bits per heavy atom. The second-order valence-electron chi connectivity index (χ2n) is 6.45. The largest absolute Gasteiger partial charge is 0.493 e. The number of methoxy groups -OCH3 is 1. The van der Waals surface area contributed by atoms with Crippen molar-refractivity contribution in [3.8, 4) is 11.5 Å². The highest BCUT2D eigenvalue weighted by atomic mass is 16.5. The van der Waals surface area contributed by atoms with Crippen molar-refractivity contribution >= 4 is 16.9 Å². The van der Waals surface area contributed by atoms with Gasteiger partial charge >= 0.3 is 0 Å². The van der Waals surface area contributed by atoms with Gasteiger partial charge in [0.25, 0.3) is 0 Å². The van der Waals surface area contributed by atoms with E-state index in [4.69, 9.17) is 14.5 Å². The number of hydrogen-bond acceptors (Lipinski definition) is 4. The van der Waals surface area contributed by atoms with Crippen molar-refractivity contribution in [1.29, 1.82) is 0 Å². The molecule has 0 atom stereocenters. The van der Waals surface area contributed by atoms with E-state index < -0.39 is 0 Å². The predicted molar refractivity (Wildman–Crippen MR) is 110 cm³/mol. The van der Waals surface area contributed by atoms with Gasteiger partial charge in [-0.05, 0) is 31.2 Å². The number of fused-ring (bicyclic) bond motifs is 1. The second-order valence-corrected chi connectivity index (χ2v) is 6.45. The summed E-state index contributed by atoms with van der Waals surface area (Å²) in [7, 11) is 1.63. The fourth-order valence-electron chi connectivity index (χ4n) is 2.99. The average molecular weight is 379 g/mol. The van der Waals surface area contributed by atoms with E-state index in [1.54, 1.807) is 14.0 Å². The molecule has 6 heteroatoms. The van der Waals surface area contributed by atoms with Gasteiger partial charge in [-0.25, -0.2) is 4.98 Å². The molecule has 0 aliphatic carbocycles. The van der Waals surface area contributed by atoms with Gasteiger partial charge in [0.1, 0.15) is 12.4 Å². The van der Waals surface area contributed by atoms with Gasteiger partial charge in [0.05, 0.1) is 24.7 Å². The lowest BCUT2D eigenvalue weighted by atomic mass is 10.3. The summed E-state index contributed by atoms with van der Waals surface area (Å²) in [5, 5.41) is 2.86. The topological polar surface area (TPSA) is 65.4 Å². The number of nitrogens with zero attached hydrogens (tertiary/aromatic N) is 2. The first-order chi connectivity index (χ1) is 13.6. The molecule has 6 nitrogen and oxygen atoms in total. The van der Waals surface area contributed by atoms with Gasteiger partial charge in [-0.1, -0.05) is 30.8 Å².